The minimum Gasteiger partial charge on any atom is -0.508 e. The van der Waals surface area contributed by atoms with Crippen LogP contribution in [0.3, 0.4) is 0 Å². The molecule has 0 aliphatic heterocycles. The molecule has 110 valence electrons. The number of aromatic hydroxyl groups is 2. The Kier molecular flexibility index (Phi) is 4.04. The fourth-order valence-electron chi connectivity index (χ4n) is 1.65. The van der Waals surface area contributed by atoms with Crippen LogP contribution in [0.5, 0.6) is 11.5 Å². The molecule has 7 heteroatoms. The molecule has 3 N–H and O–H groups in total. The first-order valence-corrected chi connectivity index (χ1v) is 6.19. The Balaban J connectivity index is 2.16. The van der Waals surface area contributed by atoms with Gasteiger partial charge in [-0.15, -0.1) is 0 Å². The minimum atomic E-state index is -4.39. The van der Waals surface area contributed by atoms with Crippen LogP contribution in [0.4, 0.5) is 18.9 Å². The van der Waals surface area contributed by atoms with Crippen LogP contribution in [0.15, 0.2) is 42.5 Å². The van der Waals surface area contributed by atoms with E-state index in [-0.39, 0.29) is 22.1 Å². The summed E-state index contributed by atoms with van der Waals surface area (Å²) in [4.78, 5) is 0.132. The third kappa shape index (κ3) is 3.63. The van der Waals surface area contributed by atoms with Crippen molar-refractivity contribution < 1.29 is 23.4 Å². The summed E-state index contributed by atoms with van der Waals surface area (Å²) >= 11 is 5.06. The number of anilines is 1. The number of nitrogens with one attached hydrogen (secondary N) is 1. The average Bonchev–Trinajstić information content (AvgIpc) is 2.38. The lowest BCUT2D eigenvalue weighted by molar-refractivity contribution is -0.137. The lowest BCUT2D eigenvalue weighted by Gasteiger charge is -2.11. The summed E-state index contributed by atoms with van der Waals surface area (Å²) in [7, 11) is 0. The van der Waals surface area contributed by atoms with Gasteiger partial charge in [0.2, 0.25) is 0 Å². The molecule has 0 atom stereocenters. The average molecular weight is 313 g/mol. The van der Waals surface area contributed by atoms with Gasteiger partial charge in [0.15, 0.2) is 0 Å². The van der Waals surface area contributed by atoms with Crippen molar-refractivity contribution in [3.8, 4) is 11.5 Å². The lowest BCUT2D eigenvalue weighted by atomic mass is 10.1. The Hall–Kier alpha value is -2.28. The van der Waals surface area contributed by atoms with Gasteiger partial charge < -0.3 is 15.5 Å². The first-order valence-electron chi connectivity index (χ1n) is 5.78. The van der Waals surface area contributed by atoms with Crippen molar-refractivity contribution in [2.45, 2.75) is 6.18 Å². The maximum atomic E-state index is 12.4. The van der Waals surface area contributed by atoms with E-state index in [1.807, 2.05) is 0 Å². The van der Waals surface area contributed by atoms with Crippen molar-refractivity contribution in [1.82, 2.24) is 0 Å². The zero-order valence-corrected chi connectivity index (χ0v) is 11.3. The van der Waals surface area contributed by atoms with Crippen LogP contribution in [0.1, 0.15) is 11.1 Å². The first kappa shape index (κ1) is 15.1. The number of halogens is 3. The summed E-state index contributed by atoms with van der Waals surface area (Å²) in [5.74, 6) is -0.340. The Morgan fingerprint density at radius 2 is 1.62 bits per heavy atom. The molecule has 0 fully saturated rings. The van der Waals surface area contributed by atoms with Crippen molar-refractivity contribution in [1.29, 1.82) is 0 Å². The fraction of sp³-hybridized carbons (Fsp3) is 0.0714. The van der Waals surface area contributed by atoms with Crippen LogP contribution in [-0.4, -0.2) is 15.2 Å². The molecule has 0 spiro atoms. The zero-order valence-electron chi connectivity index (χ0n) is 10.5. The van der Waals surface area contributed by atoms with Gasteiger partial charge in [-0.3, -0.25) is 0 Å². The highest BCUT2D eigenvalue weighted by Crippen LogP contribution is 2.30. The molecule has 0 amide bonds. The fourth-order valence-corrected chi connectivity index (χ4v) is 1.94. The summed E-state index contributed by atoms with van der Waals surface area (Å²) in [6.45, 7) is 0. The van der Waals surface area contributed by atoms with Gasteiger partial charge in [-0.25, -0.2) is 0 Å². The van der Waals surface area contributed by atoms with Gasteiger partial charge in [0.25, 0.3) is 0 Å². The summed E-state index contributed by atoms with van der Waals surface area (Å²) in [6.07, 6.45) is -4.39. The van der Waals surface area contributed by atoms with Crippen molar-refractivity contribution in [3.63, 3.8) is 0 Å². The molecule has 2 rings (SSSR count). The molecular formula is C14H10F3NO2S. The normalized spacial score (nSPS) is 11.2. The number of benzene rings is 2. The van der Waals surface area contributed by atoms with Gasteiger partial charge >= 0.3 is 6.18 Å². The summed E-state index contributed by atoms with van der Waals surface area (Å²) < 4.78 is 37.3. The lowest BCUT2D eigenvalue weighted by Crippen LogP contribution is -2.11. The predicted octanol–water partition coefficient (Wildman–Crippen LogP) is 3.90. The van der Waals surface area contributed by atoms with E-state index >= 15 is 0 Å². The van der Waals surface area contributed by atoms with Crippen molar-refractivity contribution in [2.24, 2.45) is 0 Å². The first-order chi connectivity index (χ1) is 9.77. The zero-order chi connectivity index (χ0) is 15.6. The van der Waals surface area contributed by atoms with E-state index in [0.717, 1.165) is 18.2 Å². The Morgan fingerprint density at radius 3 is 2.14 bits per heavy atom. The second-order valence-electron chi connectivity index (χ2n) is 4.23. The summed E-state index contributed by atoms with van der Waals surface area (Å²) in [5.41, 5.74) is -0.130. The molecule has 0 aromatic heterocycles. The van der Waals surface area contributed by atoms with E-state index in [1.165, 1.54) is 24.3 Å². The molecule has 0 radical (unpaired) electrons. The smallest absolute Gasteiger partial charge is 0.416 e. The molecule has 0 saturated heterocycles. The quantitative estimate of drug-likeness (QED) is 0.736. The minimum absolute atomic E-state index is 0.117. The largest absolute Gasteiger partial charge is 0.508 e. The Labute approximate surface area is 123 Å². The molecular weight excluding hydrogens is 303 g/mol. The predicted molar refractivity (Wildman–Crippen MR) is 76.5 cm³/mol. The van der Waals surface area contributed by atoms with Gasteiger partial charge in [0, 0.05) is 11.8 Å². The number of alkyl halides is 3. The summed E-state index contributed by atoms with van der Waals surface area (Å²) in [5, 5.41) is 21.6. The van der Waals surface area contributed by atoms with Crippen LogP contribution >= 0.6 is 12.2 Å². The van der Waals surface area contributed by atoms with E-state index in [9.17, 15) is 23.4 Å². The van der Waals surface area contributed by atoms with Gasteiger partial charge in [0.1, 0.15) is 16.5 Å². The molecule has 0 saturated carbocycles. The van der Waals surface area contributed by atoms with E-state index in [1.54, 1.807) is 0 Å². The maximum Gasteiger partial charge on any atom is 0.416 e. The highest BCUT2D eigenvalue weighted by Gasteiger charge is 2.29. The van der Waals surface area contributed by atoms with Gasteiger partial charge in [-0.2, -0.15) is 13.2 Å². The number of hydrogen-bond donors (Lipinski definition) is 3. The Bertz CT molecular complexity index is 669. The molecule has 0 unspecified atom stereocenters. The number of phenolic OH excluding ortho intramolecular Hbond substituents is 2. The van der Waals surface area contributed by atoms with Crippen LogP contribution in [-0.2, 0) is 6.18 Å². The SMILES string of the molecule is Oc1ccc(C(=S)Nc2ccc(C(F)(F)F)cc2)c(O)c1. The number of thiocarbonyl (C=S) groups is 1. The van der Waals surface area contributed by atoms with Gasteiger partial charge in [-0.05, 0) is 36.4 Å². The molecule has 2 aromatic carbocycles. The van der Waals surface area contributed by atoms with Crippen molar-refractivity contribution in [2.75, 3.05) is 5.32 Å². The van der Waals surface area contributed by atoms with E-state index in [0.29, 0.717) is 5.69 Å². The van der Waals surface area contributed by atoms with Crippen LogP contribution in [0.25, 0.3) is 0 Å². The third-order valence-electron chi connectivity index (χ3n) is 2.70. The van der Waals surface area contributed by atoms with Gasteiger partial charge in [-0.1, -0.05) is 12.2 Å². The highest BCUT2D eigenvalue weighted by molar-refractivity contribution is 7.81. The topological polar surface area (TPSA) is 52.5 Å². The van der Waals surface area contributed by atoms with Crippen molar-refractivity contribution >= 4 is 22.9 Å². The highest BCUT2D eigenvalue weighted by atomic mass is 32.1. The molecule has 0 heterocycles. The van der Waals surface area contributed by atoms with Crippen LogP contribution in [0.2, 0.25) is 0 Å². The van der Waals surface area contributed by atoms with E-state index in [4.69, 9.17) is 12.2 Å². The molecule has 21 heavy (non-hydrogen) atoms. The summed E-state index contributed by atoms with van der Waals surface area (Å²) in [6, 6.07) is 8.22. The molecule has 0 bridgehead atoms. The molecule has 3 nitrogen and oxygen atoms in total. The van der Waals surface area contributed by atoms with E-state index in [2.05, 4.69) is 5.32 Å². The second kappa shape index (κ2) is 5.61. The standard InChI is InChI=1S/C14H10F3NO2S/c15-14(16,17)8-1-3-9(4-2-8)18-13(21)11-6-5-10(19)7-12(11)20/h1-7,19-20H,(H,18,21). The second-order valence-corrected chi connectivity index (χ2v) is 4.64. The third-order valence-corrected chi connectivity index (χ3v) is 3.02. The number of hydrogen-bond acceptors (Lipinski definition) is 3. The molecule has 0 aliphatic carbocycles. The maximum absolute atomic E-state index is 12.4. The Morgan fingerprint density at radius 1 is 1.00 bits per heavy atom. The number of rotatable bonds is 2. The molecule has 2 aromatic rings. The number of phenols is 2. The monoisotopic (exact) mass is 313 g/mol. The van der Waals surface area contributed by atoms with Crippen LogP contribution in [0, 0.1) is 0 Å². The van der Waals surface area contributed by atoms with Crippen molar-refractivity contribution in [3.05, 3.63) is 53.6 Å². The van der Waals surface area contributed by atoms with E-state index < -0.39 is 11.7 Å². The van der Waals surface area contributed by atoms with Gasteiger partial charge in [0.05, 0.1) is 11.1 Å². The van der Waals surface area contributed by atoms with Crippen LogP contribution < -0.4 is 5.32 Å². The molecule has 0 aliphatic rings.